The number of nitrogens with one attached hydrogen (secondary N) is 1. The highest BCUT2D eigenvalue weighted by Crippen LogP contribution is 2.37. The van der Waals surface area contributed by atoms with Gasteiger partial charge in [0.25, 0.3) is 5.91 Å². The van der Waals surface area contributed by atoms with Gasteiger partial charge in [-0.2, -0.15) is 0 Å². The van der Waals surface area contributed by atoms with Crippen molar-refractivity contribution in [2.24, 2.45) is 0 Å². The fourth-order valence-electron chi connectivity index (χ4n) is 3.51. The number of anilines is 2. The summed E-state index contributed by atoms with van der Waals surface area (Å²) in [6, 6.07) is 11.0. The number of hydrogen-bond acceptors (Lipinski definition) is 3. The SMILES string of the molecule is Cc1ccc(C(=O)N(C2=CC=CCC2=C=O)c2cccc3c2C=CC=CN3)c(Cl)c1. The minimum Gasteiger partial charge on any atom is -0.361 e. The summed E-state index contributed by atoms with van der Waals surface area (Å²) in [4.78, 5) is 27.0. The Balaban J connectivity index is 1.94. The predicted molar refractivity (Wildman–Crippen MR) is 122 cm³/mol. The molecule has 0 spiro atoms. The molecule has 0 radical (unpaired) electrons. The Morgan fingerprint density at radius 2 is 2.03 bits per heavy atom. The zero-order chi connectivity index (χ0) is 21.1. The zero-order valence-electron chi connectivity index (χ0n) is 16.4. The maximum absolute atomic E-state index is 13.8. The van der Waals surface area contributed by atoms with Crippen molar-refractivity contribution in [1.82, 2.24) is 0 Å². The predicted octanol–water partition coefficient (Wildman–Crippen LogP) is 5.85. The average molecular weight is 415 g/mol. The number of hydrogen-bond donors (Lipinski definition) is 1. The van der Waals surface area contributed by atoms with Gasteiger partial charge in [-0.15, -0.1) is 0 Å². The number of fused-ring (bicyclic) bond motifs is 1. The second kappa shape index (κ2) is 8.42. The number of nitrogens with zero attached hydrogens (tertiary/aromatic N) is 1. The van der Waals surface area contributed by atoms with Crippen molar-refractivity contribution in [1.29, 1.82) is 0 Å². The van der Waals surface area contributed by atoms with Crippen molar-refractivity contribution >= 4 is 40.9 Å². The molecule has 0 saturated heterocycles. The van der Waals surface area contributed by atoms with Crippen LogP contribution < -0.4 is 10.2 Å². The second-order valence-corrected chi connectivity index (χ2v) is 7.40. The summed E-state index contributed by atoms with van der Waals surface area (Å²) in [6.07, 6.45) is 13.4. The first-order valence-electron chi connectivity index (χ1n) is 9.54. The number of aryl methyl sites for hydroxylation is 1. The molecule has 1 amide bonds. The Bertz CT molecular complexity index is 1200. The van der Waals surface area contributed by atoms with Gasteiger partial charge in [0.05, 0.1) is 27.5 Å². The van der Waals surface area contributed by atoms with Gasteiger partial charge in [-0.3, -0.25) is 9.69 Å². The van der Waals surface area contributed by atoms with E-state index in [0.717, 1.165) is 16.8 Å². The Morgan fingerprint density at radius 1 is 1.17 bits per heavy atom. The molecule has 0 atom stereocenters. The molecule has 2 aromatic rings. The monoisotopic (exact) mass is 414 g/mol. The topological polar surface area (TPSA) is 49.4 Å². The van der Waals surface area contributed by atoms with E-state index >= 15 is 0 Å². The lowest BCUT2D eigenvalue weighted by atomic mass is 10.00. The standard InChI is InChI=1S/C25H19ClN2O2/c1-17-12-13-19(21(26)15-17)25(30)28(23-10-3-2-7-18(23)16-29)24-11-6-9-22-20(24)8-4-5-14-27-22/h2-6,8-15,27H,7H2,1H3. The zero-order valence-corrected chi connectivity index (χ0v) is 17.1. The Morgan fingerprint density at radius 3 is 2.83 bits per heavy atom. The molecule has 148 valence electrons. The first-order chi connectivity index (χ1) is 14.6. The molecule has 2 aromatic carbocycles. The number of halogens is 1. The van der Waals surface area contributed by atoms with Gasteiger partial charge in [-0.25, -0.2) is 4.79 Å². The lowest BCUT2D eigenvalue weighted by Crippen LogP contribution is -2.32. The van der Waals surface area contributed by atoms with Gasteiger partial charge in [0, 0.05) is 23.9 Å². The molecule has 0 aromatic heterocycles. The van der Waals surface area contributed by atoms with Crippen LogP contribution in [0.4, 0.5) is 11.4 Å². The van der Waals surface area contributed by atoms with Crippen molar-refractivity contribution < 1.29 is 9.59 Å². The normalized spacial score (nSPS) is 14.3. The van der Waals surface area contributed by atoms with Gasteiger partial charge in [0.15, 0.2) is 0 Å². The molecular formula is C25H19ClN2O2. The van der Waals surface area contributed by atoms with Gasteiger partial charge >= 0.3 is 0 Å². The van der Waals surface area contributed by atoms with Gasteiger partial charge in [0.1, 0.15) is 5.94 Å². The largest absolute Gasteiger partial charge is 0.361 e. The van der Waals surface area contributed by atoms with E-state index in [-0.39, 0.29) is 5.91 Å². The summed E-state index contributed by atoms with van der Waals surface area (Å²) < 4.78 is 0. The van der Waals surface area contributed by atoms with E-state index in [0.29, 0.717) is 34.0 Å². The van der Waals surface area contributed by atoms with E-state index in [2.05, 4.69) is 5.32 Å². The maximum Gasteiger partial charge on any atom is 0.264 e. The van der Waals surface area contributed by atoms with Crippen LogP contribution in [0.5, 0.6) is 0 Å². The lowest BCUT2D eigenvalue weighted by molar-refractivity contribution is 0.0995. The number of allylic oxidation sites excluding steroid dienone is 6. The number of carbonyl (C=O) groups excluding carboxylic acids is 2. The molecule has 0 bridgehead atoms. The molecule has 0 saturated carbocycles. The van der Waals surface area contributed by atoms with Crippen molar-refractivity contribution in [2.75, 3.05) is 10.2 Å². The van der Waals surface area contributed by atoms with E-state index in [4.69, 9.17) is 11.6 Å². The van der Waals surface area contributed by atoms with Crippen LogP contribution in [0.15, 0.2) is 84.2 Å². The lowest BCUT2D eigenvalue weighted by Gasteiger charge is -2.29. The second-order valence-electron chi connectivity index (χ2n) is 6.99. The summed E-state index contributed by atoms with van der Waals surface area (Å²) >= 11 is 6.43. The van der Waals surface area contributed by atoms with Crippen molar-refractivity contribution in [2.45, 2.75) is 13.3 Å². The third kappa shape index (κ3) is 3.67. The minimum atomic E-state index is -0.312. The molecule has 2 aliphatic rings. The number of carbonyl (C=O) groups is 1. The van der Waals surface area contributed by atoms with Crippen molar-refractivity contribution in [3.05, 3.63) is 106 Å². The van der Waals surface area contributed by atoms with Crippen molar-refractivity contribution in [3.63, 3.8) is 0 Å². The van der Waals surface area contributed by atoms with E-state index in [1.165, 1.54) is 0 Å². The van der Waals surface area contributed by atoms with Crippen LogP contribution in [0.2, 0.25) is 5.02 Å². The number of rotatable bonds is 3. The molecular weight excluding hydrogens is 396 g/mol. The Kier molecular flexibility index (Phi) is 5.53. The van der Waals surface area contributed by atoms with Crippen LogP contribution in [0.3, 0.4) is 0 Å². The van der Waals surface area contributed by atoms with Gasteiger partial charge in [0.2, 0.25) is 0 Å². The molecule has 1 N–H and O–H groups in total. The highest BCUT2D eigenvalue weighted by Gasteiger charge is 2.28. The van der Waals surface area contributed by atoms with Crippen LogP contribution in [0, 0.1) is 6.92 Å². The summed E-state index contributed by atoms with van der Waals surface area (Å²) in [5, 5.41) is 3.59. The minimum absolute atomic E-state index is 0.312. The Labute approximate surface area is 180 Å². The molecule has 1 aliphatic carbocycles. The summed E-state index contributed by atoms with van der Waals surface area (Å²) in [5.41, 5.74) is 4.57. The molecule has 0 fully saturated rings. The smallest absolute Gasteiger partial charge is 0.264 e. The fraction of sp³-hybridized carbons (Fsp3) is 0.0800. The average Bonchev–Trinajstić information content (AvgIpc) is 3.00. The van der Waals surface area contributed by atoms with Crippen molar-refractivity contribution in [3.8, 4) is 0 Å². The highest BCUT2D eigenvalue weighted by molar-refractivity contribution is 6.35. The third-order valence-corrected chi connectivity index (χ3v) is 5.29. The van der Waals surface area contributed by atoms with Crippen LogP contribution in [0.1, 0.15) is 27.9 Å². The number of amides is 1. The maximum atomic E-state index is 13.8. The molecule has 4 nitrogen and oxygen atoms in total. The molecule has 1 aliphatic heterocycles. The van der Waals surface area contributed by atoms with Crippen LogP contribution in [-0.2, 0) is 4.79 Å². The molecule has 1 heterocycles. The van der Waals surface area contributed by atoms with Gasteiger partial charge in [-0.1, -0.05) is 48.0 Å². The Hall–Kier alpha value is -3.59. The molecule has 30 heavy (non-hydrogen) atoms. The summed E-state index contributed by atoms with van der Waals surface area (Å²) in [6.45, 7) is 1.92. The van der Waals surface area contributed by atoms with Crippen LogP contribution in [-0.4, -0.2) is 11.8 Å². The summed E-state index contributed by atoms with van der Waals surface area (Å²) in [5.74, 6) is 1.69. The van der Waals surface area contributed by atoms with Crippen LogP contribution >= 0.6 is 11.6 Å². The quantitative estimate of drug-likeness (QED) is 0.641. The van der Waals surface area contributed by atoms with E-state index in [9.17, 15) is 9.59 Å². The third-order valence-electron chi connectivity index (χ3n) is 4.98. The van der Waals surface area contributed by atoms with Crippen LogP contribution in [0.25, 0.3) is 6.08 Å². The number of benzene rings is 2. The summed E-state index contributed by atoms with van der Waals surface area (Å²) in [7, 11) is 0. The van der Waals surface area contributed by atoms with E-state index < -0.39 is 0 Å². The van der Waals surface area contributed by atoms with E-state index in [1.54, 1.807) is 23.1 Å². The van der Waals surface area contributed by atoms with E-state index in [1.807, 2.05) is 73.7 Å². The molecule has 0 unspecified atom stereocenters. The highest BCUT2D eigenvalue weighted by atomic mass is 35.5. The van der Waals surface area contributed by atoms with Gasteiger partial charge in [-0.05, 0) is 48.9 Å². The molecule has 4 rings (SSSR count). The fourth-order valence-corrected chi connectivity index (χ4v) is 3.83. The first kappa shape index (κ1) is 19.7. The molecule has 5 heteroatoms. The first-order valence-corrected chi connectivity index (χ1v) is 9.92. The van der Waals surface area contributed by atoms with Gasteiger partial charge < -0.3 is 5.32 Å².